The summed E-state index contributed by atoms with van der Waals surface area (Å²) >= 11 is 0. The van der Waals surface area contributed by atoms with E-state index in [0.717, 1.165) is 23.2 Å². The second kappa shape index (κ2) is 10.1. The molecule has 0 amide bonds. The maximum Gasteiger partial charge on any atom is 0.490 e. The smallest absolute Gasteiger partial charge is 0.475 e. The number of oxazole rings is 1. The Kier molecular flexibility index (Phi) is 7.23. The van der Waals surface area contributed by atoms with Crippen LogP contribution in [0.15, 0.2) is 70.4 Å². The van der Waals surface area contributed by atoms with E-state index in [1.165, 1.54) is 11.9 Å². The largest absolute Gasteiger partial charge is 0.490 e. The van der Waals surface area contributed by atoms with Crippen LogP contribution in [-0.2, 0) is 11.3 Å². The molecule has 0 bridgehead atoms. The zero-order valence-electron chi connectivity index (χ0n) is 17.3. The number of carbonyl (C=O) groups is 1. The van der Waals surface area contributed by atoms with Gasteiger partial charge in [-0.1, -0.05) is 24.3 Å². The van der Waals surface area contributed by atoms with Gasteiger partial charge in [0.2, 0.25) is 0 Å². The molecule has 2 aromatic heterocycles. The second-order valence-electron chi connectivity index (χ2n) is 7.00. The molecule has 2 aromatic carbocycles. The molecule has 1 unspecified atom stereocenters. The lowest BCUT2D eigenvalue weighted by Gasteiger charge is -2.14. The van der Waals surface area contributed by atoms with Crippen molar-refractivity contribution in [1.82, 2.24) is 20.3 Å². The molecule has 172 valence electrons. The minimum atomic E-state index is -5.08. The van der Waals surface area contributed by atoms with E-state index in [1.807, 2.05) is 42.7 Å². The number of rotatable bonds is 5. The normalized spacial score (nSPS) is 12.1. The van der Waals surface area contributed by atoms with Crippen molar-refractivity contribution in [3.8, 4) is 11.1 Å². The predicted molar refractivity (Wildman–Crippen MR) is 113 cm³/mol. The van der Waals surface area contributed by atoms with Crippen LogP contribution in [0, 0.1) is 0 Å². The minimum Gasteiger partial charge on any atom is -0.475 e. The third-order valence-corrected chi connectivity index (χ3v) is 4.62. The molecule has 0 aliphatic rings. The average Bonchev–Trinajstić information content (AvgIpc) is 3.17. The summed E-state index contributed by atoms with van der Waals surface area (Å²) in [6.45, 7) is 2.80. The van der Waals surface area contributed by atoms with Crippen LogP contribution in [0.3, 0.4) is 0 Å². The van der Waals surface area contributed by atoms with E-state index in [0.29, 0.717) is 11.1 Å². The fourth-order valence-electron chi connectivity index (χ4n) is 2.93. The van der Waals surface area contributed by atoms with Crippen molar-refractivity contribution in [2.75, 3.05) is 0 Å². The van der Waals surface area contributed by atoms with Crippen molar-refractivity contribution in [2.24, 2.45) is 0 Å². The highest BCUT2D eigenvalue weighted by molar-refractivity contribution is 5.73. The van der Waals surface area contributed by atoms with E-state index in [9.17, 15) is 18.0 Å². The van der Waals surface area contributed by atoms with Gasteiger partial charge in [0.15, 0.2) is 5.58 Å². The number of alkyl halides is 3. The summed E-state index contributed by atoms with van der Waals surface area (Å²) < 4.78 is 36.9. The van der Waals surface area contributed by atoms with Crippen LogP contribution in [-0.4, -0.2) is 32.2 Å². The van der Waals surface area contributed by atoms with Crippen molar-refractivity contribution in [2.45, 2.75) is 25.7 Å². The Balaban J connectivity index is 0.000000383. The molecule has 4 rings (SSSR count). The number of benzene rings is 2. The van der Waals surface area contributed by atoms with Gasteiger partial charge in [-0.15, -0.1) is 0 Å². The van der Waals surface area contributed by atoms with Gasteiger partial charge in [0, 0.05) is 30.5 Å². The Hall–Kier alpha value is -3.99. The molecule has 33 heavy (non-hydrogen) atoms. The highest BCUT2D eigenvalue weighted by Gasteiger charge is 2.38. The van der Waals surface area contributed by atoms with Gasteiger partial charge < -0.3 is 14.8 Å². The topological polar surface area (TPSA) is 121 Å². The van der Waals surface area contributed by atoms with E-state index in [-0.39, 0.29) is 6.04 Å². The fourth-order valence-corrected chi connectivity index (χ4v) is 2.93. The minimum absolute atomic E-state index is 0.114. The molecule has 1 atom stereocenters. The molecule has 8 nitrogen and oxygen atoms in total. The molecule has 0 aliphatic carbocycles. The zero-order valence-corrected chi connectivity index (χ0v) is 17.3. The first-order valence-corrected chi connectivity index (χ1v) is 9.64. The second-order valence-corrected chi connectivity index (χ2v) is 7.00. The number of aliphatic carboxylic acids is 1. The van der Waals surface area contributed by atoms with E-state index < -0.39 is 17.9 Å². The molecule has 11 heteroatoms. The van der Waals surface area contributed by atoms with E-state index in [1.54, 1.807) is 0 Å². The van der Waals surface area contributed by atoms with Gasteiger partial charge in [0.25, 0.3) is 0 Å². The van der Waals surface area contributed by atoms with Gasteiger partial charge in [0.1, 0.15) is 6.33 Å². The van der Waals surface area contributed by atoms with Crippen LogP contribution < -0.4 is 11.1 Å². The number of aromatic nitrogens is 3. The van der Waals surface area contributed by atoms with Crippen LogP contribution in [0.4, 0.5) is 13.2 Å². The molecule has 4 aromatic rings. The number of aromatic amines is 1. The monoisotopic (exact) mass is 460 g/mol. The quantitative estimate of drug-likeness (QED) is 0.411. The van der Waals surface area contributed by atoms with Gasteiger partial charge in [0.05, 0.1) is 5.52 Å². The summed E-state index contributed by atoms with van der Waals surface area (Å²) in [5.41, 5.74) is 5.61. The molecule has 0 aliphatic heterocycles. The Morgan fingerprint density at radius 3 is 2.52 bits per heavy atom. The Labute approximate surface area is 185 Å². The standard InChI is InChI=1S/C20H18N4O2.C2HF3O2/c1-13(15-5-6-18-19(8-15)26-20(25)24-18)23-9-14-3-2-4-16(7-14)17-10-21-12-22-11-17;3-2(4,5)1(6)7/h2-8,10-13,23H,9H2,1H3,(H,24,25);(H,6,7). The number of nitrogens with zero attached hydrogens (tertiary/aromatic N) is 2. The number of carboxylic acid groups (broad SMARTS) is 1. The maximum atomic E-state index is 11.3. The molecule has 0 fully saturated rings. The van der Waals surface area contributed by atoms with Crippen LogP contribution in [0.1, 0.15) is 24.1 Å². The Morgan fingerprint density at radius 1 is 1.15 bits per heavy atom. The third-order valence-electron chi connectivity index (χ3n) is 4.62. The summed E-state index contributed by atoms with van der Waals surface area (Å²) in [7, 11) is 0. The lowest BCUT2D eigenvalue weighted by Crippen LogP contribution is -2.21. The van der Waals surface area contributed by atoms with Crippen molar-refractivity contribution in [1.29, 1.82) is 0 Å². The lowest BCUT2D eigenvalue weighted by molar-refractivity contribution is -0.192. The summed E-state index contributed by atoms with van der Waals surface area (Å²) in [4.78, 5) is 31.0. The third kappa shape index (κ3) is 6.50. The first-order valence-electron chi connectivity index (χ1n) is 9.64. The van der Waals surface area contributed by atoms with Gasteiger partial charge >= 0.3 is 17.9 Å². The number of H-pyrrole nitrogens is 1. The summed E-state index contributed by atoms with van der Waals surface area (Å²) in [6, 6.07) is 14.2. The number of nitrogens with one attached hydrogen (secondary N) is 2. The number of hydrogen-bond donors (Lipinski definition) is 3. The molecular weight excluding hydrogens is 441 g/mol. The van der Waals surface area contributed by atoms with Crippen LogP contribution in [0.5, 0.6) is 0 Å². The first-order chi connectivity index (χ1) is 15.6. The molecule has 3 N–H and O–H groups in total. The highest BCUT2D eigenvalue weighted by atomic mass is 19.4. The molecular formula is C22H19F3N4O4. The highest BCUT2D eigenvalue weighted by Crippen LogP contribution is 2.21. The summed E-state index contributed by atoms with van der Waals surface area (Å²) in [5, 5.41) is 10.6. The zero-order chi connectivity index (χ0) is 24.0. The van der Waals surface area contributed by atoms with Crippen molar-refractivity contribution >= 4 is 17.1 Å². The Morgan fingerprint density at radius 2 is 1.85 bits per heavy atom. The van der Waals surface area contributed by atoms with Gasteiger partial charge in [-0.2, -0.15) is 13.2 Å². The molecule has 0 radical (unpaired) electrons. The first kappa shape index (κ1) is 23.7. The number of carboxylic acids is 1. The number of hydrogen-bond acceptors (Lipinski definition) is 6. The van der Waals surface area contributed by atoms with Crippen LogP contribution in [0.25, 0.3) is 22.2 Å². The summed E-state index contributed by atoms with van der Waals surface area (Å²) in [6.07, 6.45) is 0.0596. The van der Waals surface area contributed by atoms with Crippen molar-refractivity contribution in [3.63, 3.8) is 0 Å². The molecule has 2 heterocycles. The Bertz CT molecular complexity index is 1290. The SMILES string of the molecule is CC(NCc1cccc(-c2cncnc2)c1)c1ccc2[nH]c(=O)oc2c1.O=C(O)C(F)(F)F. The van der Waals surface area contributed by atoms with Crippen LogP contribution in [0.2, 0.25) is 0 Å². The molecule has 0 spiro atoms. The maximum absolute atomic E-state index is 11.3. The van der Waals surface area contributed by atoms with Crippen molar-refractivity contribution < 1.29 is 27.5 Å². The van der Waals surface area contributed by atoms with E-state index in [4.69, 9.17) is 14.3 Å². The number of fused-ring (bicyclic) bond motifs is 1. The van der Waals surface area contributed by atoms with Gasteiger partial charge in [-0.25, -0.2) is 19.6 Å². The van der Waals surface area contributed by atoms with E-state index >= 15 is 0 Å². The van der Waals surface area contributed by atoms with Gasteiger partial charge in [-0.05, 0) is 41.8 Å². The number of halogens is 3. The van der Waals surface area contributed by atoms with Crippen LogP contribution >= 0.6 is 0 Å². The van der Waals surface area contributed by atoms with E-state index in [2.05, 4.69) is 39.3 Å². The molecule has 0 saturated heterocycles. The average molecular weight is 460 g/mol. The predicted octanol–water partition coefficient (Wildman–Crippen LogP) is 4.06. The lowest BCUT2D eigenvalue weighted by atomic mass is 10.0. The fraction of sp³-hybridized carbons (Fsp3) is 0.182. The molecule has 0 saturated carbocycles. The van der Waals surface area contributed by atoms with Crippen molar-refractivity contribution in [3.05, 3.63) is 82.9 Å². The summed E-state index contributed by atoms with van der Waals surface area (Å²) in [5.74, 6) is -3.19. The van der Waals surface area contributed by atoms with Gasteiger partial charge in [-0.3, -0.25) is 4.98 Å².